The van der Waals surface area contributed by atoms with Crippen LogP contribution >= 0.6 is 23.8 Å². The Hall–Kier alpha value is -2.32. The molecule has 182 valence electrons. The predicted octanol–water partition coefficient (Wildman–Crippen LogP) is 5.89. The van der Waals surface area contributed by atoms with Gasteiger partial charge in [0.1, 0.15) is 5.76 Å². The van der Waals surface area contributed by atoms with E-state index in [4.69, 9.17) is 37.7 Å². The number of anilines is 1. The summed E-state index contributed by atoms with van der Waals surface area (Å²) in [6.45, 7) is 9.46. The second kappa shape index (κ2) is 11.4. The maximum atomic E-state index is 6.34. The van der Waals surface area contributed by atoms with E-state index < -0.39 is 0 Å². The Morgan fingerprint density at radius 1 is 1.24 bits per heavy atom. The van der Waals surface area contributed by atoms with Gasteiger partial charge in [-0.05, 0) is 62.3 Å². The average Bonchev–Trinajstić information content (AvgIpc) is 3.29. The van der Waals surface area contributed by atoms with Crippen LogP contribution in [0.15, 0.2) is 46.9 Å². The van der Waals surface area contributed by atoms with Gasteiger partial charge in [0, 0.05) is 42.3 Å². The molecule has 1 unspecified atom stereocenters. The molecule has 2 heterocycles. The minimum atomic E-state index is -0.0683. The Balaban J connectivity index is 1.55. The highest BCUT2D eigenvalue weighted by atomic mass is 35.5. The Morgan fingerprint density at radius 2 is 2.00 bits per heavy atom. The van der Waals surface area contributed by atoms with Crippen LogP contribution in [0.2, 0.25) is 5.02 Å². The first-order valence-corrected chi connectivity index (χ1v) is 12.5. The summed E-state index contributed by atoms with van der Waals surface area (Å²) < 4.78 is 17.2. The molecule has 1 N–H and O–H groups in total. The Kier molecular flexibility index (Phi) is 8.32. The number of rotatable bonds is 8. The summed E-state index contributed by atoms with van der Waals surface area (Å²) in [6.07, 6.45) is 0.976. The van der Waals surface area contributed by atoms with E-state index in [1.165, 1.54) is 0 Å². The number of para-hydroxylation sites is 1. The van der Waals surface area contributed by atoms with Crippen molar-refractivity contribution < 1.29 is 13.9 Å². The average molecular weight is 502 g/mol. The van der Waals surface area contributed by atoms with Crippen molar-refractivity contribution in [3.8, 4) is 5.75 Å². The quantitative estimate of drug-likeness (QED) is 0.386. The van der Waals surface area contributed by atoms with Crippen LogP contribution in [0.5, 0.6) is 5.75 Å². The number of hydrogen-bond donors (Lipinski definition) is 1. The van der Waals surface area contributed by atoms with Crippen molar-refractivity contribution in [3.63, 3.8) is 0 Å². The molecule has 3 aromatic rings. The Bertz CT molecular complexity index is 1130. The van der Waals surface area contributed by atoms with Gasteiger partial charge in [-0.2, -0.15) is 0 Å². The van der Waals surface area contributed by atoms with Gasteiger partial charge in [-0.25, -0.2) is 0 Å². The topological polar surface area (TPSA) is 50.1 Å². The highest BCUT2D eigenvalue weighted by Crippen LogP contribution is 2.33. The first-order chi connectivity index (χ1) is 16.5. The third kappa shape index (κ3) is 5.66. The molecule has 1 aliphatic heterocycles. The normalized spacial score (nSPS) is 15.3. The van der Waals surface area contributed by atoms with Gasteiger partial charge in [-0.3, -0.25) is 4.90 Å². The number of nitrogens with zero attached hydrogens (tertiary/aromatic N) is 2. The minimum Gasteiger partial charge on any atom is -0.493 e. The predicted molar refractivity (Wildman–Crippen MR) is 142 cm³/mol. The first kappa shape index (κ1) is 24.8. The van der Waals surface area contributed by atoms with Gasteiger partial charge in [0.2, 0.25) is 0 Å². The number of fused-ring (bicyclic) bond motifs is 1. The van der Waals surface area contributed by atoms with Crippen LogP contribution in [-0.4, -0.2) is 61.4 Å². The number of benzene rings is 2. The zero-order valence-electron chi connectivity index (χ0n) is 20.0. The lowest BCUT2D eigenvalue weighted by atomic mass is 10.1. The van der Waals surface area contributed by atoms with E-state index in [0.29, 0.717) is 10.1 Å². The van der Waals surface area contributed by atoms with Gasteiger partial charge in [0.05, 0.1) is 26.4 Å². The summed E-state index contributed by atoms with van der Waals surface area (Å²) in [4.78, 5) is 4.64. The fourth-order valence-electron chi connectivity index (χ4n) is 4.27. The van der Waals surface area contributed by atoms with Crippen LogP contribution in [0, 0.1) is 6.92 Å². The van der Waals surface area contributed by atoms with Gasteiger partial charge in [0.25, 0.3) is 0 Å². The monoisotopic (exact) mass is 501 g/mol. The van der Waals surface area contributed by atoms with Crippen molar-refractivity contribution >= 4 is 45.6 Å². The molecule has 1 atom stereocenters. The van der Waals surface area contributed by atoms with Gasteiger partial charge in [-0.1, -0.05) is 29.8 Å². The molecule has 8 heteroatoms. The van der Waals surface area contributed by atoms with E-state index in [-0.39, 0.29) is 6.04 Å². The fraction of sp³-hybridized carbons (Fsp3) is 0.423. The molecule has 0 spiro atoms. The summed E-state index contributed by atoms with van der Waals surface area (Å²) in [7, 11) is 1.66. The zero-order valence-corrected chi connectivity index (χ0v) is 21.5. The number of morpholine rings is 1. The van der Waals surface area contributed by atoms with Gasteiger partial charge in [-0.15, -0.1) is 0 Å². The van der Waals surface area contributed by atoms with Crippen molar-refractivity contribution in [1.29, 1.82) is 0 Å². The highest BCUT2D eigenvalue weighted by Gasteiger charge is 2.24. The van der Waals surface area contributed by atoms with Gasteiger partial charge < -0.3 is 24.1 Å². The third-order valence-corrected chi connectivity index (χ3v) is 7.12. The maximum absolute atomic E-state index is 6.34. The second-order valence-electron chi connectivity index (χ2n) is 8.55. The van der Waals surface area contributed by atoms with E-state index in [1.807, 2.05) is 43.3 Å². The number of ether oxygens (including phenoxy) is 2. The van der Waals surface area contributed by atoms with Crippen LogP contribution < -0.4 is 10.1 Å². The van der Waals surface area contributed by atoms with Crippen molar-refractivity contribution in [1.82, 2.24) is 9.80 Å². The molecule has 2 aromatic carbocycles. The number of hydrogen-bond acceptors (Lipinski definition) is 5. The van der Waals surface area contributed by atoms with E-state index in [1.54, 1.807) is 7.11 Å². The molecule has 0 saturated carbocycles. The van der Waals surface area contributed by atoms with Crippen molar-refractivity contribution in [2.45, 2.75) is 26.3 Å². The third-order valence-electron chi connectivity index (χ3n) is 6.37. The van der Waals surface area contributed by atoms with Crippen molar-refractivity contribution in [2.75, 3.05) is 51.8 Å². The van der Waals surface area contributed by atoms with Crippen LogP contribution in [0.3, 0.4) is 0 Å². The lowest BCUT2D eigenvalue weighted by Gasteiger charge is -2.33. The molecule has 0 amide bonds. The number of methoxy groups -OCH3 is 1. The number of halogens is 1. The maximum Gasteiger partial charge on any atom is 0.176 e. The Labute approximate surface area is 211 Å². The minimum absolute atomic E-state index is 0.0683. The van der Waals surface area contributed by atoms with Crippen LogP contribution in [0.25, 0.3) is 11.0 Å². The van der Waals surface area contributed by atoms with E-state index >= 15 is 0 Å². The summed E-state index contributed by atoms with van der Waals surface area (Å²) in [5.41, 5.74) is 2.64. The molecule has 0 radical (unpaired) electrons. The molecule has 34 heavy (non-hydrogen) atoms. The summed E-state index contributed by atoms with van der Waals surface area (Å²) in [5, 5.41) is 5.79. The lowest BCUT2D eigenvalue weighted by molar-refractivity contribution is 0.0365. The SMILES string of the molecule is COc1cccc2cc(C(C)N(CCCN3CCOCC3)C(=S)Nc3cccc(Cl)c3C)oc12. The molecule has 1 aromatic heterocycles. The van der Waals surface area contributed by atoms with Crippen LogP contribution in [-0.2, 0) is 4.74 Å². The molecule has 6 nitrogen and oxygen atoms in total. The molecule has 1 aliphatic rings. The van der Waals surface area contributed by atoms with Crippen molar-refractivity contribution in [2.24, 2.45) is 0 Å². The number of nitrogens with one attached hydrogen (secondary N) is 1. The zero-order chi connectivity index (χ0) is 24.1. The summed E-state index contributed by atoms with van der Waals surface area (Å²) in [5.74, 6) is 1.57. The van der Waals surface area contributed by atoms with E-state index in [2.05, 4.69) is 28.1 Å². The largest absolute Gasteiger partial charge is 0.493 e. The van der Waals surface area contributed by atoms with Crippen molar-refractivity contribution in [3.05, 3.63) is 58.8 Å². The van der Waals surface area contributed by atoms with E-state index in [0.717, 1.165) is 79.5 Å². The Morgan fingerprint density at radius 3 is 2.76 bits per heavy atom. The molecule has 4 rings (SSSR count). The molecule has 1 saturated heterocycles. The molecule has 0 bridgehead atoms. The smallest absolute Gasteiger partial charge is 0.176 e. The standard InChI is InChI=1S/C26H32ClN3O3S/c1-18-21(27)8-5-9-22(18)28-26(34)30(12-6-11-29-13-15-32-16-14-29)19(2)24-17-20-7-4-10-23(31-3)25(20)33-24/h4-5,7-10,17,19H,6,11-16H2,1-3H3,(H,28,34). The van der Waals surface area contributed by atoms with Crippen LogP contribution in [0.4, 0.5) is 5.69 Å². The number of furan rings is 1. The van der Waals surface area contributed by atoms with E-state index in [9.17, 15) is 0 Å². The summed E-state index contributed by atoms with van der Waals surface area (Å²) in [6, 6.07) is 13.7. The fourth-order valence-corrected chi connectivity index (χ4v) is 4.80. The molecular formula is C26H32ClN3O3S. The molecular weight excluding hydrogens is 470 g/mol. The second-order valence-corrected chi connectivity index (χ2v) is 9.34. The lowest BCUT2D eigenvalue weighted by Crippen LogP contribution is -2.41. The first-order valence-electron chi connectivity index (χ1n) is 11.7. The molecule has 1 fully saturated rings. The van der Waals surface area contributed by atoms with Gasteiger partial charge in [0.15, 0.2) is 16.4 Å². The number of thiocarbonyl (C=S) groups is 1. The highest BCUT2D eigenvalue weighted by molar-refractivity contribution is 7.80. The van der Waals surface area contributed by atoms with Crippen LogP contribution in [0.1, 0.15) is 30.7 Å². The van der Waals surface area contributed by atoms with Gasteiger partial charge >= 0.3 is 0 Å². The summed E-state index contributed by atoms with van der Waals surface area (Å²) >= 11 is 12.2. The molecule has 0 aliphatic carbocycles.